The van der Waals surface area contributed by atoms with Crippen LogP contribution in [0.4, 0.5) is 0 Å². The van der Waals surface area contributed by atoms with Crippen molar-refractivity contribution in [3.63, 3.8) is 0 Å². The maximum Gasteiger partial charge on any atom is 0.0826 e. The van der Waals surface area contributed by atoms with Crippen LogP contribution in [0.25, 0.3) is 0 Å². The van der Waals surface area contributed by atoms with Gasteiger partial charge >= 0.3 is 0 Å². The lowest BCUT2D eigenvalue weighted by Gasteiger charge is -2.34. The average molecular weight is 350 g/mol. The zero-order valence-electron chi connectivity index (χ0n) is 15.9. The van der Waals surface area contributed by atoms with Gasteiger partial charge in [0.2, 0.25) is 0 Å². The minimum Gasteiger partial charge on any atom is -0.377 e. The van der Waals surface area contributed by atoms with E-state index in [1.165, 1.54) is 62.0 Å². The van der Waals surface area contributed by atoms with Crippen molar-refractivity contribution in [2.24, 2.45) is 5.92 Å². The van der Waals surface area contributed by atoms with E-state index in [1.807, 2.05) is 7.11 Å². The summed E-state index contributed by atoms with van der Waals surface area (Å²) >= 11 is 0. The van der Waals surface area contributed by atoms with Crippen molar-refractivity contribution in [3.8, 4) is 0 Å². The highest BCUT2D eigenvalue weighted by atomic mass is 16.5. The van der Waals surface area contributed by atoms with E-state index in [9.17, 15) is 0 Å². The quantitative estimate of drug-likeness (QED) is 0.703. The Morgan fingerprint density at radius 2 is 1.65 bits per heavy atom. The van der Waals surface area contributed by atoms with Gasteiger partial charge < -0.3 is 9.64 Å². The van der Waals surface area contributed by atoms with E-state index < -0.39 is 0 Å². The SMILES string of the molecule is CO[C@H]1C[C@@H](CN2CCC(c3ccccc3)CC2)CCc2ccccc21. The lowest BCUT2D eigenvalue weighted by Crippen LogP contribution is -2.37. The maximum absolute atomic E-state index is 5.87. The highest BCUT2D eigenvalue weighted by molar-refractivity contribution is 5.30. The van der Waals surface area contributed by atoms with Crippen molar-refractivity contribution in [1.82, 2.24) is 4.90 Å². The fourth-order valence-electron chi connectivity index (χ4n) is 4.91. The van der Waals surface area contributed by atoms with Crippen molar-refractivity contribution in [2.75, 3.05) is 26.7 Å². The van der Waals surface area contributed by atoms with Crippen LogP contribution in [0.3, 0.4) is 0 Å². The van der Waals surface area contributed by atoms with Crippen LogP contribution in [-0.2, 0) is 11.2 Å². The van der Waals surface area contributed by atoms with Gasteiger partial charge in [0.25, 0.3) is 0 Å². The summed E-state index contributed by atoms with van der Waals surface area (Å²) in [6.45, 7) is 3.71. The smallest absolute Gasteiger partial charge is 0.0826 e. The molecule has 2 atom stereocenters. The highest BCUT2D eigenvalue weighted by Gasteiger charge is 2.27. The molecule has 1 heterocycles. The van der Waals surface area contributed by atoms with E-state index >= 15 is 0 Å². The summed E-state index contributed by atoms with van der Waals surface area (Å²) in [4.78, 5) is 2.70. The topological polar surface area (TPSA) is 12.5 Å². The molecular formula is C24H31NO. The number of ether oxygens (including phenoxy) is 1. The van der Waals surface area contributed by atoms with Crippen LogP contribution < -0.4 is 0 Å². The molecule has 0 unspecified atom stereocenters. The molecule has 0 amide bonds. The molecular weight excluding hydrogens is 318 g/mol. The Morgan fingerprint density at radius 3 is 2.42 bits per heavy atom. The first kappa shape index (κ1) is 17.8. The lowest BCUT2D eigenvalue weighted by atomic mass is 9.88. The third-order valence-electron chi connectivity index (χ3n) is 6.43. The van der Waals surface area contributed by atoms with Gasteiger partial charge in [-0.05, 0) is 73.7 Å². The van der Waals surface area contributed by atoms with Gasteiger partial charge in [0.15, 0.2) is 0 Å². The zero-order chi connectivity index (χ0) is 17.8. The molecule has 2 aliphatic rings. The molecule has 1 fully saturated rings. The Hall–Kier alpha value is -1.64. The summed E-state index contributed by atoms with van der Waals surface area (Å²) in [5.41, 5.74) is 4.43. The van der Waals surface area contributed by atoms with Crippen molar-refractivity contribution in [2.45, 2.75) is 44.1 Å². The number of nitrogens with zero attached hydrogens (tertiary/aromatic N) is 1. The first-order chi connectivity index (χ1) is 12.8. The standard InChI is InChI=1S/C24H31NO/c1-26-24-17-19(11-12-22-9-5-6-10-23(22)24)18-25-15-13-21(14-16-25)20-7-3-2-4-8-20/h2-10,19,21,24H,11-18H2,1H3/t19-,24-/m0/s1. The summed E-state index contributed by atoms with van der Waals surface area (Å²) < 4.78 is 5.87. The Labute approximate surface area is 158 Å². The molecule has 138 valence electrons. The summed E-state index contributed by atoms with van der Waals surface area (Å²) in [5, 5.41) is 0. The molecule has 2 aromatic rings. The third-order valence-corrected chi connectivity index (χ3v) is 6.43. The zero-order valence-corrected chi connectivity index (χ0v) is 15.9. The first-order valence-electron chi connectivity index (χ1n) is 10.2. The molecule has 4 rings (SSSR count). The first-order valence-corrected chi connectivity index (χ1v) is 10.2. The summed E-state index contributed by atoms with van der Waals surface area (Å²) in [5.74, 6) is 1.48. The molecule has 2 aromatic carbocycles. The number of hydrogen-bond acceptors (Lipinski definition) is 2. The summed E-state index contributed by atoms with van der Waals surface area (Å²) in [7, 11) is 1.87. The number of hydrogen-bond donors (Lipinski definition) is 0. The second-order valence-corrected chi connectivity index (χ2v) is 8.05. The fraction of sp³-hybridized carbons (Fsp3) is 0.500. The van der Waals surface area contributed by atoms with E-state index in [-0.39, 0.29) is 6.10 Å². The molecule has 0 radical (unpaired) electrons. The van der Waals surface area contributed by atoms with Gasteiger partial charge in [-0.2, -0.15) is 0 Å². The van der Waals surface area contributed by atoms with Crippen molar-refractivity contribution >= 4 is 0 Å². The fourth-order valence-corrected chi connectivity index (χ4v) is 4.91. The van der Waals surface area contributed by atoms with E-state index in [4.69, 9.17) is 4.74 Å². The Kier molecular flexibility index (Phi) is 5.72. The molecule has 0 bridgehead atoms. The van der Waals surface area contributed by atoms with Gasteiger partial charge in [-0.25, -0.2) is 0 Å². The maximum atomic E-state index is 5.87. The monoisotopic (exact) mass is 349 g/mol. The van der Waals surface area contributed by atoms with Crippen LogP contribution in [0.5, 0.6) is 0 Å². The molecule has 0 saturated carbocycles. The van der Waals surface area contributed by atoms with E-state index in [1.54, 1.807) is 0 Å². The lowest BCUT2D eigenvalue weighted by molar-refractivity contribution is 0.0705. The third kappa shape index (κ3) is 4.02. The molecule has 0 spiro atoms. The molecule has 1 saturated heterocycles. The minimum absolute atomic E-state index is 0.264. The largest absolute Gasteiger partial charge is 0.377 e. The molecule has 0 aromatic heterocycles. The van der Waals surface area contributed by atoms with Crippen LogP contribution in [0.15, 0.2) is 54.6 Å². The second kappa shape index (κ2) is 8.37. The van der Waals surface area contributed by atoms with Crippen LogP contribution in [-0.4, -0.2) is 31.6 Å². The number of likely N-dealkylation sites (tertiary alicyclic amines) is 1. The van der Waals surface area contributed by atoms with Gasteiger partial charge in [-0.3, -0.25) is 0 Å². The van der Waals surface area contributed by atoms with Gasteiger partial charge in [-0.15, -0.1) is 0 Å². The van der Waals surface area contributed by atoms with Crippen LogP contribution in [0.1, 0.15) is 54.4 Å². The van der Waals surface area contributed by atoms with Gasteiger partial charge in [-0.1, -0.05) is 54.6 Å². The Morgan fingerprint density at radius 1 is 0.923 bits per heavy atom. The molecule has 26 heavy (non-hydrogen) atoms. The van der Waals surface area contributed by atoms with Gasteiger partial charge in [0, 0.05) is 13.7 Å². The average Bonchev–Trinajstić information content (AvgIpc) is 2.89. The molecule has 1 aliphatic carbocycles. The normalized spacial score (nSPS) is 24.8. The summed E-state index contributed by atoms with van der Waals surface area (Å²) in [6.07, 6.45) is 6.50. The molecule has 1 aliphatic heterocycles. The van der Waals surface area contributed by atoms with Gasteiger partial charge in [0.05, 0.1) is 6.10 Å². The van der Waals surface area contributed by atoms with Gasteiger partial charge in [0.1, 0.15) is 0 Å². The van der Waals surface area contributed by atoms with Crippen molar-refractivity contribution < 1.29 is 4.74 Å². The predicted molar refractivity (Wildman–Crippen MR) is 107 cm³/mol. The number of rotatable bonds is 4. The van der Waals surface area contributed by atoms with Crippen LogP contribution in [0.2, 0.25) is 0 Å². The molecule has 2 heteroatoms. The van der Waals surface area contributed by atoms with Crippen LogP contribution >= 0.6 is 0 Å². The Bertz CT molecular complexity index is 690. The molecule has 2 nitrogen and oxygen atoms in total. The number of methoxy groups -OCH3 is 1. The minimum atomic E-state index is 0.264. The number of benzene rings is 2. The summed E-state index contributed by atoms with van der Waals surface area (Å²) in [6, 6.07) is 19.9. The van der Waals surface area contributed by atoms with Crippen molar-refractivity contribution in [1.29, 1.82) is 0 Å². The Balaban J connectivity index is 1.34. The van der Waals surface area contributed by atoms with E-state index in [0.29, 0.717) is 0 Å². The number of piperidine rings is 1. The highest BCUT2D eigenvalue weighted by Crippen LogP contribution is 2.35. The van der Waals surface area contributed by atoms with Crippen LogP contribution in [0, 0.1) is 5.92 Å². The van der Waals surface area contributed by atoms with E-state index in [2.05, 4.69) is 59.5 Å². The van der Waals surface area contributed by atoms with E-state index in [0.717, 1.165) is 18.3 Å². The predicted octanol–water partition coefficient (Wildman–Crippen LogP) is 5.21. The number of aryl methyl sites for hydroxylation is 1. The molecule has 0 N–H and O–H groups in total. The second-order valence-electron chi connectivity index (χ2n) is 8.05. The van der Waals surface area contributed by atoms with Crippen molar-refractivity contribution in [3.05, 3.63) is 71.3 Å². The number of fused-ring (bicyclic) bond motifs is 1.